The van der Waals surface area contributed by atoms with Crippen molar-refractivity contribution in [2.24, 2.45) is 0 Å². The number of rotatable bonds is 5. The number of aliphatic hydroxyl groups excluding tert-OH is 1. The molecule has 2 atom stereocenters. The van der Waals surface area contributed by atoms with Crippen molar-refractivity contribution in [1.82, 2.24) is 19.8 Å². The predicted octanol–water partition coefficient (Wildman–Crippen LogP) is 1.41. The van der Waals surface area contributed by atoms with Crippen LogP contribution in [-0.2, 0) is 17.6 Å². The quantitative estimate of drug-likeness (QED) is 0.855. The van der Waals surface area contributed by atoms with Crippen LogP contribution in [0.25, 0.3) is 0 Å². The van der Waals surface area contributed by atoms with Gasteiger partial charge in [-0.15, -0.1) is 0 Å². The van der Waals surface area contributed by atoms with Gasteiger partial charge < -0.3 is 15.0 Å². The maximum atomic E-state index is 11.7. The number of likely N-dealkylation sites (tertiary alicyclic amines) is 2. The van der Waals surface area contributed by atoms with Crippen LogP contribution in [0, 0.1) is 0 Å². The molecule has 3 heterocycles. The van der Waals surface area contributed by atoms with Gasteiger partial charge in [0, 0.05) is 31.7 Å². The molecule has 0 saturated carbocycles. The van der Waals surface area contributed by atoms with Gasteiger partial charge in [-0.05, 0) is 51.5 Å². The first-order valence-electron chi connectivity index (χ1n) is 9.48. The lowest BCUT2D eigenvalue weighted by Crippen LogP contribution is -2.40. The molecule has 1 aliphatic carbocycles. The van der Waals surface area contributed by atoms with Crippen LogP contribution in [0.5, 0.6) is 0 Å². The molecule has 2 N–H and O–H groups in total. The zero-order valence-electron chi connectivity index (χ0n) is 14.3. The number of nitrogens with zero attached hydrogens (tertiary/aromatic N) is 3. The Balaban J connectivity index is 1.39. The average Bonchev–Trinajstić information content (AvgIpc) is 3.27. The number of carbonyl (C=O) groups excluding carboxylic acids is 1. The molecule has 1 aromatic rings. The van der Waals surface area contributed by atoms with Gasteiger partial charge in [0.1, 0.15) is 5.82 Å². The van der Waals surface area contributed by atoms with Gasteiger partial charge >= 0.3 is 0 Å². The minimum atomic E-state index is -0.475. The lowest BCUT2D eigenvalue weighted by atomic mass is 10.0. The molecule has 1 amide bonds. The van der Waals surface area contributed by atoms with Crippen LogP contribution >= 0.6 is 0 Å². The van der Waals surface area contributed by atoms with E-state index < -0.39 is 6.10 Å². The lowest BCUT2D eigenvalue weighted by molar-refractivity contribution is -0.129. The molecule has 2 saturated heterocycles. The van der Waals surface area contributed by atoms with E-state index in [-0.39, 0.29) is 5.91 Å². The molecule has 1 aromatic heterocycles. The summed E-state index contributed by atoms with van der Waals surface area (Å²) in [7, 11) is 0. The Bertz CT molecular complexity index is 576. The van der Waals surface area contributed by atoms with E-state index in [0.29, 0.717) is 25.6 Å². The first kappa shape index (κ1) is 16.1. The highest BCUT2D eigenvalue weighted by atomic mass is 16.3. The zero-order chi connectivity index (χ0) is 16.5. The fourth-order valence-corrected chi connectivity index (χ4v) is 4.47. The largest absolute Gasteiger partial charge is 0.390 e. The number of aryl methyl sites for hydroxylation is 2. The summed E-state index contributed by atoms with van der Waals surface area (Å²) in [6.45, 7) is 2.89. The number of amides is 1. The Morgan fingerprint density at radius 3 is 2.79 bits per heavy atom. The fraction of sp³-hybridized carbons (Fsp3) is 0.778. The van der Waals surface area contributed by atoms with Crippen molar-refractivity contribution < 1.29 is 9.90 Å². The second-order valence-corrected chi connectivity index (χ2v) is 7.50. The molecule has 6 heteroatoms. The van der Waals surface area contributed by atoms with Crippen LogP contribution in [-0.4, -0.2) is 63.1 Å². The van der Waals surface area contributed by atoms with Crippen molar-refractivity contribution in [2.75, 3.05) is 26.2 Å². The summed E-state index contributed by atoms with van der Waals surface area (Å²) < 4.78 is 0. The summed E-state index contributed by atoms with van der Waals surface area (Å²) >= 11 is 0. The first-order chi connectivity index (χ1) is 11.7. The molecule has 24 heavy (non-hydrogen) atoms. The van der Waals surface area contributed by atoms with Crippen LogP contribution in [0.1, 0.15) is 61.8 Å². The third kappa shape index (κ3) is 3.22. The number of carbonyl (C=O) groups is 1. The van der Waals surface area contributed by atoms with Gasteiger partial charge in [0.2, 0.25) is 5.91 Å². The molecule has 0 spiro atoms. The molecule has 6 nitrogen and oxygen atoms in total. The van der Waals surface area contributed by atoms with Crippen LogP contribution < -0.4 is 0 Å². The van der Waals surface area contributed by atoms with Crippen molar-refractivity contribution >= 4 is 5.91 Å². The molecular formula is C18H28N4O2. The minimum Gasteiger partial charge on any atom is -0.390 e. The van der Waals surface area contributed by atoms with Crippen molar-refractivity contribution in [3.63, 3.8) is 0 Å². The summed E-state index contributed by atoms with van der Waals surface area (Å²) in [5.74, 6) is 1.27. The summed E-state index contributed by atoms with van der Waals surface area (Å²) in [6.07, 6.45) is 8.05. The number of aromatic amines is 1. The Labute approximate surface area is 143 Å². The maximum Gasteiger partial charge on any atom is 0.222 e. The van der Waals surface area contributed by atoms with E-state index in [0.717, 1.165) is 51.0 Å². The van der Waals surface area contributed by atoms with E-state index in [1.54, 1.807) is 4.90 Å². The fourth-order valence-electron chi connectivity index (χ4n) is 4.47. The van der Waals surface area contributed by atoms with Crippen molar-refractivity contribution in [3.8, 4) is 0 Å². The minimum absolute atomic E-state index is 0.186. The number of aromatic nitrogens is 2. The van der Waals surface area contributed by atoms with Crippen LogP contribution in [0.3, 0.4) is 0 Å². The third-order valence-electron chi connectivity index (χ3n) is 5.70. The molecule has 0 unspecified atom stereocenters. The number of imidazole rings is 1. The summed E-state index contributed by atoms with van der Waals surface area (Å²) in [6, 6.07) is 0.291. The molecular weight excluding hydrogens is 304 g/mol. The molecule has 132 valence electrons. The Kier molecular flexibility index (Phi) is 4.59. The third-order valence-corrected chi connectivity index (χ3v) is 5.70. The number of fused-ring (bicyclic) bond motifs is 1. The van der Waals surface area contributed by atoms with E-state index in [2.05, 4.69) is 9.88 Å². The first-order valence-corrected chi connectivity index (χ1v) is 9.48. The van der Waals surface area contributed by atoms with Gasteiger partial charge in [-0.1, -0.05) is 0 Å². The average molecular weight is 332 g/mol. The van der Waals surface area contributed by atoms with Gasteiger partial charge in [0.25, 0.3) is 0 Å². The molecule has 3 aliphatic rings. The lowest BCUT2D eigenvalue weighted by Gasteiger charge is -2.27. The summed E-state index contributed by atoms with van der Waals surface area (Å²) in [5.41, 5.74) is 2.58. The second kappa shape index (κ2) is 6.84. The highest BCUT2D eigenvalue weighted by molar-refractivity contribution is 5.78. The van der Waals surface area contributed by atoms with Gasteiger partial charge in [-0.25, -0.2) is 4.98 Å². The molecule has 0 aromatic carbocycles. The summed E-state index contributed by atoms with van der Waals surface area (Å²) in [4.78, 5) is 24.3. The number of nitrogens with one attached hydrogen (secondary N) is 1. The van der Waals surface area contributed by atoms with Gasteiger partial charge in [-0.2, -0.15) is 0 Å². The number of aliphatic hydroxyl groups is 1. The van der Waals surface area contributed by atoms with Crippen LogP contribution in [0.2, 0.25) is 0 Å². The highest BCUT2D eigenvalue weighted by Crippen LogP contribution is 2.32. The number of hydrogen-bond donors (Lipinski definition) is 2. The second-order valence-electron chi connectivity index (χ2n) is 7.50. The smallest absolute Gasteiger partial charge is 0.222 e. The Hall–Kier alpha value is -1.40. The van der Waals surface area contributed by atoms with E-state index in [4.69, 9.17) is 4.98 Å². The molecule has 2 aliphatic heterocycles. The topological polar surface area (TPSA) is 72.5 Å². The monoisotopic (exact) mass is 332 g/mol. The van der Waals surface area contributed by atoms with Crippen LogP contribution in [0.4, 0.5) is 0 Å². The molecule has 2 fully saturated rings. The molecule has 0 bridgehead atoms. The maximum absolute atomic E-state index is 11.7. The summed E-state index contributed by atoms with van der Waals surface area (Å²) in [5, 5.41) is 10.4. The normalized spacial score (nSPS) is 26.1. The van der Waals surface area contributed by atoms with E-state index in [9.17, 15) is 9.90 Å². The number of hydrogen-bond acceptors (Lipinski definition) is 4. The van der Waals surface area contributed by atoms with Crippen molar-refractivity contribution in [1.29, 1.82) is 0 Å². The number of H-pyrrole nitrogens is 1. The van der Waals surface area contributed by atoms with E-state index in [1.165, 1.54) is 24.2 Å². The van der Waals surface area contributed by atoms with Crippen molar-refractivity contribution in [2.45, 2.75) is 63.5 Å². The van der Waals surface area contributed by atoms with Crippen molar-refractivity contribution in [3.05, 3.63) is 17.2 Å². The highest BCUT2D eigenvalue weighted by Gasteiger charge is 2.32. The van der Waals surface area contributed by atoms with E-state index in [1.807, 2.05) is 0 Å². The predicted molar refractivity (Wildman–Crippen MR) is 90.6 cm³/mol. The van der Waals surface area contributed by atoms with Gasteiger partial charge in [0.15, 0.2) is 0 Å². The van der Waals surface area contributed by atoms with E-state index >= 15 is 0 Å². The SMILES string of the molecule is O=C1CCCN1C[C@H](O)CN1CCC[C@H]1c1nc2c([nH]1)CCCC2. The van der Waals surface area contributed by atoms with Gasteiger partial charge in [0.05, 0.1) is 17.8 Å². The Morgan fingerprint density at radius 2 is 2.00 bits per heavy atom. The zero-order valence-corrected chi connectivity index (χ0v) is 14.3. The standard InChI is InChI=1S/C18H28N4O2/c23-13(12-22-10-4-8-17(22)24)11-21-9-3-7-16(21)18-19-14-5-1-2-6-15(14)20-18/h13,16,23H,1-12H2,(H,19,20)/t13-,16+/m1/s1. The van der Waals surface area contributed by atoms with Gasteiger partial charge in [-0.3, -0.25) is 9.69 Å². The van der Waals surface area contributed by atoms with Crippen LogP contribution in [0.15, 0.2) is 0 Å². The number of β-amino-alcohol motifs (C(OH)–C–C–N with tert-alkyl or cyclic N) is 1. The molecule has 4 rings (SSSR count). The molecule has 0 radical (unpaired) electrons. The Morgan fingerprint density at radius 1 is 1.12 bits per heavy atom.